The molecule has 0 aliphatic carbocycles. The summed E-state index contributed by atoms with van der Waals surface area (Å²) in [5.74, 6) is -1.22. The monoisotopic (exact) mass is 427 g/mol. The Kier molecular flexibility index (Phi) is 6.09. The molecule has 0 spiro atoms. The van der Waals surface area contributed by atoms with Crippen molar-refractivity contribution in [3.05, 3.63) is 77.9 Å². The Labute approximate surface area is 174 Å². The van der Waals surface area contributed by atoms with Crippen LogP contribution in [0, 0.1) is 0 Å². The standard InChI is InChI=1S/C22H21NO6S/c1-23(2)30(27,28)19-9-6-16(7-10-19)17-5-3-4-15(12-17)14-29-18-8-11-20(22(25)26)21(24)13-18/h3-13,24H,14H2,1-2H3,(H,25,26). The van der Waals surface area contributed by atoms with E-state index in [9.17, 15) is 18.3 Å². The van der Waals surface area contributed by atoms with Gasteiger partial charge in [0.05, 0.1) is 4.90 Å². The number of phenols is 1. The Balaban J connectivity index is 1.75. The number of hydrogen-bond donors (Lipinski definition) is 2. The van der Waals surface area contributed by atoms with E-state index in [1.165, 1.54) is 36.6 Å². The molecule has 0 saturated carbocycles. The van der Waals surface area contributed by atoms with Gasteiger partial charge in [0.2, 0.25) is 10.0 Å². The van der Waals surface area contributed by atoms with Crippen LogP contribution in [0.15, 0.2) is 71.6 Å². The minimum absolute atomic E-state index is 0.191. The van der Waals surface area contributed by atoms with Gasteiger partial charge in [0.1, 0.15) is 23.7 Å². The topological polar surface area (TPSA) is 104 Å². The molecule has 3 aromatic rings. The molecule has 0 fully saturated rings. The lowest BCUT2D eigenvalue weighted by Gasteiger charge is -2.12. The van der Waals surface area contributed by atoms with Crippen LogP contribution in [0.3, 0.4) is 0 Å². The maximum atomic E-state index is 12.2. The molecule has 156 valence electrons. The van der Waals surface area contributed by atoms with E-state index in [1.54, 1.807) is 24.3 Å². The molecular formula is C22H21NO6S. The molecule has 3 aromatic carbocycles. The van der Waals surface area contributed by atoms with Crippen molar-refractivity contribution < 1.29 is 28.2 Å². The third-order valence-electron chi connectivity index (χ3n) is 4.50. The molecule has 0 atom stereocenters. The van der Waals surface area contributed by atoms with Crippen LogP contribution in [-0.2, 0) is 16.6 Å². The first-order valence-corrected chi connectivity index (χ1v) is 10.4. The number of carboxylic acids is 1. The second kappa shape index (κ2) is 8.56. The third kappa shape index (κ3) is 4.61. The first-order valence-electron chi connectivity index (χ1n) is 8.99. The van der Waals surface area contributed by atoms with E-state index in [0.717, 1.165) is 16.7 Å². The van der Waals surface area contributed by atoms with E-state index < -0.39 is 16.0 Å². The number of hydrogen-bond acceptors (Lipinski definition) is 5. The van der Waals surface area contributed by atoms with Crippen molar-refractivity contribution in [3.8, 4) is 22.6 Å². The van der Waals surface area contributed by atoms with E-state index >= 15 is 0 Å². The molecule has 0 heterocycles. The minimum atomic E-state index is -3.48. The number of nitrogens with zero attached hydrogens (tertiary/aromatic N) is 1. The lowest BCUT2D eigenvalue weighted by Crippen LogP contribution is -2.22. The van der Waals surface area contributed by atoms with Crippen LogP contribution in [0.4, 0.5) is 0 Å². The minimum Gasteiger partial charge on any atom is -0.507 e. The SMILES string of the molecule is CN(C)S(=O)(=O)c1ccc(-c2cccc(COc3ccc(C(=O)O)c(O)c3)c2)cc1. The number of carbonyl (C=O) groups is 1. The van der Waals surface area contributed by atoms with E-state index in [0.29, 0.717) is 5.75 Å². The van der Waals surface area contributed by atoms with Gasteiger partial charge in [0.15, 0.2) is 0 Å². The first-order chi connectivity index (χ1) is 14.2. The molecule has 0 aromatic heterocycles. The highest BCUT2D eigenvalue weighted by Gasteiger charge is 2.16. The van der Waals surface area contributed by atoms with Crippen LogP contribution in [0.25, 0.3) is 11.1 Å². The molecule has 3 rings (SSSR count). The number of ether oxygens (including phenoxy) is 1. The van der Waals surface area contributed by atoms with Gasteiger partial charge in [0, 0.05) is 20.2 Å². The zero-order chi connectivity index (χ0) is 21.9. The number of benzene rings is 3. The summed E-state index contributed by atoms with van der Waals surface area (Å²) in [7, 11) is -0.504. The van der Waals surface area contributed by atoms with Crippen molar-refractivity contribution in [1.29, 1.82) is 0 Å². The van der Waals surface area contributed by atoms with Gasteiger partial charge in [-0.05, 0) is 47.0 Å². The van der Waals surface area contributed by atoms with Gasteiger partial charge in [-0.3, -0.25) is 0 Å². The molecule has 0 bridgehead atoms. The quantitative estimate of drug-likeness (QED) is 0.597. The highest BCUT2D eigenvalue weighted by molar-refractivity contribution is 7.89. The highest BCUT2D eigenvalue weighted by atomic mass is 32.2. The molecular weight excluding hydrogens is 406 g/mol. The van der Waals surface area contributed by atoms with Crippen molar-refractivity contribution in [3.63, 3.8) is 0 Å². The summed E-state index contributed by atoms with van der Waals surface area (Å²) in [5.41, 5.74) is 2.43. The lowest BCUT2D eigenvalue weighted by atomic mass is 10.0. The summed E-state index contributed by atoms with van der Waals surface area (Å²) in [6, 6.07) is 18.2. The van der Waals surface area contributed by atoms with Crippen LogP contribution in [0.1, 0.15) is 15.9 Å². The highest BCUT2D eigenvalue weighted by Crippen LogP contribution is 2.26. The number of aromatic carboxylic acids is 1. The first kappa shape index (κ1) is 21.4. The second-order valence-electron chi connectivity index (χ2n) is 6.78. The lowest BCUT2D eigenvalue weighted by molar-refractivity contribution is 0.0693. The van der Waals surface area contributed by atoms with Gasteiger partial charge in [-0.1, -0.05) is 30.3 Å². The number of carboxylic acid groups (broad SMARTS) is 1. The molecule has 7 nitrogen and oxygen atoms in total. The summed E-state index contributed by atoms with van der Waals surface area (Å²) in [6.07, 6.45) is 0. The number of sulfonamides is 1. The summed E-state index contributed by atoms with van der Waals surface area (Å²) >= 11 is 0. The largest absolute Gasteiger partial charge is 0.507 e. The summed E-state index contributed by atoms with van der Waals surface area (Å²) in [6.45, 7) is 0.215. The van der Waals surface area contributed by atoms with Crippen molar-refractivity contribution in [2.75, 3.05) is 14.1 Å². The Morgan fingerprint density at radius 2 is 1.67 bits per heavy atom. The van der Waals surface area contributed by atoms with E-state index in [4.69, 9.17) is 9.84 Å². The van der Waals surface area contributed by atoms with Crippen LogP contribution < -0.4 is 4.74 Å². The average Bonchev–Trinajstić information content (AvgIpc) is 2.72. The Bertz CT molecular complexity index is 1170. The molecule has 0 aliphatic rings. The predicted molar refractivity (Wildman–Crippen MR) is 112 cm³/mol. The molecule has 30 heavy (non-hydrogen) atoms. The van der Waals surface area contributed by atoms with Crippen molar-refractivity contribution >= 4 is 16.0 Å². The average molecular weight is 427 g/mol. The summed E-state index contributed by atoms with van der Waals surface area (Å²) < 4.78 is 31.2. The summed E-state index contributed by atoms with van der Waals surface area (Å²) in [5, 5.41) is 18.7. The fourth-order valence-electron chi connectivity index (χ4n) is 2.82. The Morgan fingerprint density at radius 3 is 2.27 bits per heavy atom. The van der Waals surface area contributed by atoms with E-state index in [-0.39, 0.29) is 22.8 Å². The number of aromatic hydroxyl groups is 1. The van der Waals surface area contributed by atoms with Gasteiger partial charge in [-0.15, -0.1) is 0 Å². The van der Waals surface area contributed by atoms with Crippen LogP contribution in [0.2, 0.25) is 0 Å². The maximum Gasteiger partial charge on any atom is 0.339 e. The Hall–Kier alpha value is -3.36. The molecule has 0 radical (unpaired) electrons. The number of rotatable bonds is 7. The van der Waals surface area contributed by atoms with E-state index in [2.05, 4.69) is 0 Å². The van der Waals surface area contributed by atoms with Gasteiger partial charge in [-0.25, -0.2) is 17.5 Å². The van der Waals surface area contributed by atoms with Gasteiger partial charge in [-0.2, -0.15) is 0 Å². The molecule has 0 saturated heterocycles. The zero-order valence-electron chi connectivity index (χ0n) is 16.4. The second-order valence-corrected chi connectivity index (χ2v) is 8.94. The van der Waals surface area contributed by atoms with Crippen molar-refractivity contribution in [2.45, 2.75) is 11.5 Å². The van der Waals surface area contributed by atoms with Crippen LogP contribution in [-0.4, -0.2) is 43.0 Å². The van der Waals surface area contributed by atoms with Crippen LogP contribution in [0.5, 0.6) is 11.5 Å². The van der Waals surface area contributed by atoms with Crippen LogP contribution >= 0.6 is 0 Å². The van der Waals surface area contributed by atoms with Gasteiger partial charge >= 0.3 is 5.97 Å². The molecule has 0 amide bonds. The van der Waals surface area contributed by atoms with E-state index in [1.807, 2.05) is 24.3 Å². The molecule has 0 aliphatic heterocycles. The third-order valence-corrected chi connectivity index (χ3v) is 6.33. The fraction of sp³-hybridized carbons (Fsp3) is 0.136. The molecule has 0 unspecified atom stereocenters. The fourth-order valence-corrected chi connectivity index (χ4v) is 3.72. The van der Waals surface area contributed by atoms with Gasteiger partial charge in [0.25, 0.3) is 0 Å². The predicted octanol–water partition coefficient (Wildman–Crippen LogP) is 3.59. The normalized spacial score (nSPS) is 11.4. The van der Waals surface area contributed by atoms with Crippen molar-refractivity contribution in [2.24, 2.45) is 0 Å². The van der Waals surface area contributed by atoms with Gasteiger partial charge < -0.3 is 14.9 Å². The summed E-state index contributed by atoms with van der Waals surface area (Å²) in [4.78, 5) is 11.2. The van der Waals surface area contributed by atoms with Crippen molar-refractivity contribution in [1.82, 2.24) is 4.31 Å². The Morgan fingerprint density at radius 1 is 0.967 bits per heavy atom. The smallest absolute Gasteiger partial charge is 0.339 e. The zero-order valence-corrected chi connectivity index (χ0v) is 17.3. The molecule has 8 heteroatoms. The molecule has 2 N–H and O–H groups in total. The maximum absolute atomic E-state index is 12.2.